The van der Waals surface area contributed by atoms with Crippen LogP contribution in [0.1, 0.15) is 28.5 Å². The summed E-state index contributed by atoms with van der Waals surface area (Å²) in [5.41, 5.74) is 3.93. The first-order chi connectivity index (χ1) is 12.9. The van der Waals surface area contributed by atoms with Crippen molar-refractivity contribution < 1.29 is 14.5 Å². The number of fused-ring (bicyclic) bond motifs is 1. The van der Waals surface area contributed by atoms with Crippen LogP contribution in [0.3, 0.4) is 0 Å². The summed E-state index contributed by atoms with van der Waals surface area (Å²) in [5, 5.41) is 10.7. The Morgan fingerprint density at radius 2 is 1.78 bits per heavy atom. The first kappa shape index (κ1) is 20.5. The zero-order valence-electron chi connectivity index (χ0n) is 15.4. The minimum Gasteiger partial charge on any atom is -0.465 e. The van der Waals surface area contributed by atoms with Gasteiger partial charge in [0, 0.05) is 22.5 Å². The lowest BCUT2D eigenvalue weighted by atomic mass is 10.1. The maximum absolute atomic E-state index is 11.5. The topological polar surface area (TPSA) is 74.4 Å². The van der Waals surface area contributed by atoms with Gasteiger partial charge < -0.3 is 9.30 Å². The van der Waals surface area contributed by atoms with Gasteiger partial charge in [0.1, 0.15) is 0 Å². The second-order valence-corrected chi connectivity index (χ2v) is 6.22. The Hall–Kier alpha value is -2.86. The van der Waals surface area contributed by atoms with Crippen LogP contribution >= 0.6 is 11.6 Å². The maximum atomic E-state index is 11.5. The summed E-state index contributed by atoms with van der Waals surface area (Å²) >= 11 is 6.53. The van der Waals surface area contributed by atoms with Gasteiger partial charge in [0.05, 0.1) is 23.2 Å². The highest BCUT2D eigenvalue weighted by atomic mass is 35.5. The number of nitrogens with zero attached hydrogens (tertiary/aromatic N) is 2. The third-order valence-corrected chi connectivity index (χ3v) is 4.48. The summed E-state index contributed by atoms with van der Waals surface area (Å²) in [6, 6.07) is 15.7. The van der Waals surface area contributed by atoms with Crippen molar-refractivity contribution in [1.29, 1.82) is 0 Å². The molecule has 2 aromatic carbocycles. The molecule has 0 aliphatic heterocycles. The second kappa shape index (κ2) is 9.19. The number of para-hydroxylation sites is 1. The van der Waals surface area contributed by atoms with Crippen molar-refractivity contribution in [1.82, 2.24) is 4.57 Å². The van der Waals surface area contributed by atoms with E-state index in [1.54, 1.807) is 12.1 Å². The predicted octanol–water partition coefficient (Wildman–Crippen LogP) is 4.58. The summed E-state index contributed by atoms with van der Waals surface area (Å²) in [6.45, 7) is 2.83. The van der Waals surface area contributed by atoms with Gasteiger partial charge in [-0.05, 0) is 30.2 Å². The van der Waals surface area contributed by atoms with Gasteiger partial charge >= 0.3 is 5.97 Å². The lowest BCUT2D eigenvalue weighted by Gasteiger charge is -2.10. The van der Waals surface area contributed by atoms with Gasteiger partial charge in [-0.2, -0.15) is 0 Å². The molecule has 0 N–H and O–H groups in total. The number of ether oxygens (including phenoxy) is 1. The lowest BCUT2D eigenvalue weighted by molar-refractivity contribution is -0.445. The summed E-state index contributed by atoms with van der Waals surface area (Å²) in [4.78, 5) is 19.8. The molecule has 3 aromatic rings. The molecule has 0 saturated heterocycles. The van der Waals surface area contributed by atoms with E-state index in [-0.39, 0.29) is 5.97 Å². The highest BCUT2D eigenvalue weighted by molar-refractivity contribution is 6.36. The minimum absolute atomic E-state index is 0.319. The fraction of sp³-hybridized carbons (Fsp3) is 0.250. The van der Waals surface area contributed by atoms with Gasteiger partial charge in [-0.25, -0.2) is 4.79 Å². The number of esters is 1. The van der Waals surface area contributed by atoms with Crippen LogP contribution in [0.25, 0.3) is 10.9 Å². The van der Waals surface area contributed by atoms with Crippen molar-refractivity contribution in [2.75, 3.05) is 14.2 Å². The molecule has 7 heteroatoms. The summed E-state index contributed by atoms with van der Waals surface area (Å²) in [5.74, 6) is -0.319. The molecule has 1 aromatic heterocycles. The van der Waals surface area contributed by atoms with E-state index in [0.717, 1.165) is 47.2 Å². The van der Waals surface area contributed by atoms with Gasteiger partial charge in [0.25, 0.3) is 0 Å². The van der Waals surface area contributed by atoms with Crippen molar-refractivity contribution >= 4 is 28.5 Å². The zero-order valence-corrected chi connectivity index (χ0v) is 16.2. The molecule has 0 unspecified atom stereocenters. The standard InChI is InChI=1S/C19H18ClNO2.CH3NO2/c1-3-16-18(20)15-6-4-5-7-17(15)21(16)12-13-8-10-14(11-9-13)19(22)23-2;1-2(3)4/h4-11H,3,12H2,1-2H3;1H3. The smallest absolute Gasteiger partial charge is 0.337 e. The van der Waals surface area contributed by atoms with E-state index in [1.807, 2.05) is 30.3 Å². The summed E-state index contributed by atoms with van der Waals surface area (Å²) < 4.78 is 6.97. The van der Waals surface area contributed by atoms with E-state index in [2.05, 4.69) is 17.6 Å². The number of nitro groups is 1. The van der Waals surface area contributed by atoms with Crippen LogP contribution in [0, 0.1) is 10.1 Å². The van der Waals surface area contributed by atoms with Crippen LogP contribution in [0.2, 0.25) is 5.02 Å². The third-order valence-electron chi connectivity index (χ3n) is 4.06. The first-order valence-electron chi connectivity index (χ1n) is 8.39. The molecular weight excluding hydrogens is 368 g/mol. The van der Waals surface area contributed by atoms with Crippen LogP contribution < -0.4 is 0 Å². The Balaban J connectivity index is 0.000000596. The fourth-order valence-electron chi connectivity index (χ4n) is 2.89. The van der Waals surface area contributed by atoms with E-state index < -0.39 is 4.92 Å². The molecule has 27 heavy (non-hydrogen) atoms. The van der Waals surface area contributed by atoms with Crippen LogP contribution in [-0.2, 0) is 17.7 Å². The molecular formula is C20H21ClN2O4. The minimum atomic E-state index is -0.500. The van der Waals surface area contributed by atoms with E-state index in [4.69, 9.17) is 26.5 Å². The van der Waals surface area contributed by atoms with Crippen LogP contribution in [0.15, 0.2) is 48.5 Å². The molecule has 142 valence electrons. The van der Waals surface area contributed by atoms with Gasteiger partial charge in [-0.15, -0.1) is 0 Å². The van der Waals surface area contributed by atoms with Crippen molar-refractivity contribution in [2.45, 2.75) is 19.9 Å². The molecule has 0 atom stereocenters. The number of hydrogen-bond donors (Lipinski definition) is 0. The van der Waals surface area contributed by atoms with Crippen molar-refractivity contribution in [3.63, 3.8) is 0 Å². The van der Waals surface area contributed by atoms with Gasteiger partial charge in [0.15, 0.2) is 7.05 Å². The third kappa shape index (κ3) is 4.86. The number of carbonyl (C=O) groups is 1. The predicted molar refractivity (Wildman–Crippen MR) is 106 cm³/mol. The molecule has 0 amide bonds. The molecule has 0 bridgehead atoms. The molecule has 6 nitrogen and oxygen atoms in total. The number of rotatable bonds is 4. The highest BCUT2D eigenvalue weighted by Gasteiger charge is 2.14. The molecule has 0 radical (unpaired) electrons. The summed E-state index contributed by atoms with van der Waals surface area (Å²) in [7, 11) is 2.28. The average Bonchev–Trinajstić information content (AvgIpc) is 2.93. The number of carbonyl (C=O) groups excluding carboxylic acids is 1. The van der Waals surface area contributed by atoms with E-state index >= 15 is 0 Å². The fourth-order valence-corrected chi connectivity index (χ4v) is 3.28. The Morgan fingerprint density at radius 3 is 2.33 bits per heavy atom. The zero-order chi connectivity index (χ0) is 20.0. The maximum Gasteiger partial charge on any atom is 0.337 e. The monoisotopic (exact) mass is 388 g/mol. The number of methoxy groups -OCH3 is 1. The van der Waals surface area contributed by atoms with E-state index in [1.165, 1.54) is 7.11 Å². The van der Waals surface area contributed by atoms with Crippen molar-refractivity contribution in [2.24, 2.45) is 0 Å². The highest BCUT2D eigenvalue weighted by Crippen LogP contribution is 2.31. The van der Waals surface area contributed by atoms with Gasteiger partial charge in [-0.1, -0.05) is 48.9 Å². The Labute approximate surface area is 162 Å². The van der Waals surface area contributed by atoms with Gasteiger partial charge in [-0.3, -0.25) is 10.1 Å². The largest absolute Gasteiger partial charge is 0.465 e. The average molecular weight is 389 g/mol. The van der Waals surface area contributed by atoms with E-state index in [9.17, 15) is 4.79 Å². The molecule has 0 saturated carbocycles. The number of aromatic nitrogens is 1. The molecule has 0 fully saturated rings. The normalized spacial score (nSPS) is 10.2. The molecule has 0 aliphatic rings. The number of halogens is 1. The van der Waals surface area contributed by atoms with Crippen molar-refractivity contribution in [3.05, 3.63) is 80.5 Å². The number of hydrogen-bond acceptors (Lipinski definition) is 4. The first-order valence-corrected chi connectivity index (χ1v) is 8.77. The SMILES string of the molecule is CCc1c(Cl)c2ccccc2n1Cc1ccc(C(=O)OC)cc1.C[N+](=O)[O-]. The quantitative estimate of drug-likeness (QED) is 0.372. The second-order valence-electron chi connectivity index (χ2n) is 5.85. The van der Waals surface area contributed by atoms with Crippen LogP contribution in [0.4, 0.5) is 0 Å². The summed E-state index contributed by atoms with van der Waals surface area (Å²) in [6.07, 6.45) is 0.869. The lowest BCUT2D eigenvalue weighted by Crippen LogP contribution is -2.05. The van der Waals surface area contributed by atoms with E-state index in [0.29, 0.717) is 5.56 Å². The molecule has 3 rings (SSSR count). The van der Waals surface area contributed by atoms with Crippen LogP contribution in [0.5, 0.6) is 0 Å². The van der Waals surface area contributed by atoms with Crippen LogP contribution in [-0.4, -0.2) is 29.6 Å². The molecule has 1 heterocycles. The molecule has 0 spiro atoms. The Bertz CT molecular complexity index is 945. The van der Waals surface area contributed by atoms with Gasteiger partial charge in [0.2, 0.25) is 0 Å². The Morgan fingerprint density at radius 1 is 1.19 bits per heavy atom. The number of benzene rings is 2. The Kier molecular flexibility index (Phi) is 6.96. The van der Waals surface area contributed by atoms with Crippen molar-refractivity contribution in [3.8, 4) is 0 Å². The molecule has 0 aliphatic carbocycles.